The highest BCUT2D eigenvalue weighted by Crippen LogP contribution is 2.25. The molecule has 0 atom stereocenters. The molecule has 0 fully saturated rings. The van der Waals surface area contributed by atoms with Crippen molar-refractivity contribution in [2.75, 3.05) is 4.72 Å². The summed E-state index contributed by atoms with van der Waals surface area (Å²) in [6, 6.07) is 9.89. The van der Waals surface area contributed by atoms with E-state index in [1.807, 2.05) is 0 Å². The minimum atomic E-state index is -3.93. The predicted octanol–water partition coefficient (Wildman–Crippen LogP) is 3.60. The Morgan fingerprint density at radius 3 is 2.52 bits per heavy atom. The maximum absolute atomic E-state index is 12.3. The van der Waals surface area contributed by atoms with Crippen molar-refractivity contribution in [1.82, 2.24) is 0 Å². The van der Waals surface area contributed by atoms with Crippen molar-refractivity contribution in [3.63, 3.8) is 0 Å². The Bertz CT molecular complexity index is 808. The van der Waals surface area contributed by atoms with Crippen LogP contribution in [0.4, 0.5) is 5.69 Å². The van der Waals surface area contributed by atoms with E-state index in [1.165, 1.54) is 36.4 Å². The molecule has 2 N–H and O–H groups in total. The third kappa shape index (κ3) is 3.75. The standard InChI is InChI=1S/C13H9BrClNO4S/c14-8-4-5-11(13(17)18)12(6-8)16-21(19,20)10-3-1-2-9(15)7-10/h1-7,16H,(H,17,18). The van der Waals surface area contributed by atoms with Gasteiger partial charge in [0, 0.05) is 9.50 Å². The molecule has 2 aromatic carbocycles. The zero-order valence-corrected chi connectivity index (χ0v) is 13.5. The number of benzene rings is 2. The lowest BCUT2D eigenvalue weighted by atomic mass is 10.2. The van der Waals surface area contributed by atoms with E-state index in [0.717, 1.165) is 0 Å². The Morgan fingerprint density at radius 2 is 1.90 bits per heavy atom. The van der Waals surface area contributed by atoms with E-state index in [2.05, 4.69) is 20.7 Å². The number of carboxylic acid groups (broad SMARTS) is 1. The Kier molecular flexibility index (Phi) is 4.55. The highest BCUT2D eigenvalue weighted by atomic mass is 79.9. The van der Waals surface area contributed by atoms with Crippen LogP contribution in [0, 0.1) is 0 Å². The minimum absolute atomic E-state index is 0.0307. The lowest BCUT2D eigenvalue weighted by molar-refractivity contribution is 0.0698. The van der Waals surface area contributed by atoms with Gasteiger partial charge in [0.25, 0.3) is 10.0 Å². The van der Waals surface area contributed by atoms with E-state index >= 15 is 0 Å². The van der Waals surface area contributed by atoms with Crippen molar-refractivity contribution >= 4 is 49.2 Å². The molecule has 0 saturated heterocycles. The third-order valence-corrected chi connectivity index (χ3v) is 4.65. The van der Waals surface area contributed by atoms with Gasteiger partial charge in [0.1, 0.15) is 0 Å². The monoisotopic (exact) mass is 389 g/mol. The number of sulfonamides is 1. The Morgan fingerprint density at radius 1 is 1.19 bits per heavy atom. The molecule has 0 aromatic heterocycles. The summed E-state index contributed by atoms with van der Waals surface area (Å²) in [5.41, 5.74) is -0.180. The van der Waals surface area contributed by atoms with Gasteiger partial charge in [0.2, 0.25) is 0 Å². The fraction of sp³-hybridized carbons (Fsp3) is 0. The largest absolute Gasteiger partial charge is 0.478 e. The average Bonchev–Trinajstić information content (AvgIpc) is 2.38. The number of carboxylic acids is 1. The van der Waals surface area contributed by atoms with Gasteiger partial charge in [-0.2, -0.15) is 0 Å². The zero-order chi connectivity index (χ0) is 15.6. The molecule has 110 valence electrons. The fourth-order valence-electron chi connectivity index (χ4n) is 1.63. The Hall–Kier alpha value is -1.57. The molecular weight excluding hydrogens is 382 g/mol. The molecule has 0 bridgehead atoms. The first kappa shape index (κ1) is 15.8. The number of aromatic carboxylic acids is 1. The fourth-order valence-corrected chi connectivity index (χ4v) is 3.36. The molecule has 0 unspecified atom stereocenters. The number of rotatable bonds is 4. The summed E-state index contributed by atoms with van der Waals surface area (Å²) in [6.45, 7) is 0. The third-order valence-electron chi connectivity index (χ3n) is 2.56. The van der Waals surface area contributed by atoms with E-state index < -0.39 is 16.0 Å². The van der Waals surface area contributed by atoms with E-state index in [9.17, 15) is 13.2 Å². The summed E-state index contributed by atoms with van der Waals surface area (Å²) in [5.74, 6) is -1.23. The van der Waals surface area contributed by atoms with Crippen LogP contribution >= 0.6 is 27.5 Å². The summed E-state index contributed by atoms with van der Waals surface area (Å²) in [6.07, 6.45) is 0. The Labute approximate surface area is 134 Å². The van der Waals surface area contributed by atoms with Crippen molar-refractivity contribution in [2.24, 2.45) is 0 Å². The van der Waals surface area contributed by atoms with Crippen molar-refractivity contribution < 1.29 is 18.3 Å². The van der Waals surface area contributed by atoms with Crippen molar-refractivity contribution in [3.8, 4) is 0 Å². The second-order valence-electron chi connectivity index (χ2n) is 4.06. The van der Waals surface area contributed by atoms with Gasteiger partial charge in [-0.3, -0.25) is 4.72 Å². The maximum Gasteiger partial charge on any atom is 0.337 e. The number of hydrogen-bond donors (Lipinski definition) is 2. The van der Waals surface area contributed by atoms with E-state index in [0.29, 0.717) is 4.47 Å². The lowest BCUT2D eigenvalue weighted by Gasteiger charge is -2.11. The first-order valence-corrected chi connectivity index (χ1v) is 8.26. The molecule has 2 rings (SSSR count). The first-order chi connectivity index (χ1) is 9.79. The molecule has 0 saturated carbocycles. The molecule has 0 heterocycles. The quantitative estimate of drug-likeness (QED) is 0.835. The second kappa shape index (κ2) is 6.05. The molecule has 2 aromatic rings. The summed E-state index contributed by atoms with van der Waals surface area (Å²) >= 11 is 8.94. The topological polar surface area (TPSA) is 83.5 Å². The zero-order valence-electron chi connectivity index (χ0n) is 10.4. The summed E-state index contributed by atoms with van der Waals surface area (Å²) in [5, 5.41) is 9.37. The number of halogens is 2. The van der Waals surface area contributed by atoms with Crippen molar-refractivity contribution in [3.05, 3.63) is 57.5 Å². The molecule has 0 amide bonds. The molecule has 5 nitrogen and oxygen atoms in total. The molecule has 0 aliphatic carbocycles. The smallest absolute Gasteiger partial charge is 0.337 e. The summed E-state index contributed by atoms with van der Waals surface area (Å²) < 4.78 is 27.3. The van der Waals surface area contributed by atoms with Gasteiger partial charge in [0.15, 0.2) is 0 Å². The maximum atomic E-state index is 12.3. The molecular formula is C13H9BrClNO4S. The van der Waals surface area contributed by atoms with Crippen LogP contribution in [-0.2, 0) is 10.0 Å². The molecule has 21 heavy (non-hydrogen) atoms. The SMILES string of the molecule is O=C(O)c1ccc(Br)cc1NS(=O)(=O)c1cccc(Cl)c1. The first-order valence-electron chi connectivity index (χ1n) is 5.61. The van der Waals surface area contributed by atoms with Crippen LogP contribution in [0.2, 0.25) is 5.02 Å². The van der Waals surface area contributed by atoms with Crippen LogP contribution < -0.4 is 4.72 Å². The van der Waals surface area contributed by atoms with Gasteiger partial charge >= 0.3 is 5.97 Å². The normalized spacial score (nSPS) is 11.1. The molecule has 0 radical (unpaired) electrons. The number of carbonyl (C=O) groups is 1. The summed E-state index contributed by atoms with van der Waals surface area (Å²) in [7, 11) is -3.93. The van der Waals surface area contributed by atoms with Crippen molar-refractivity contribution in [2.45, 2.75) is 4.90 Å². The highest BCUT2D eigenvalue weighted by molar-refractivity contribution is 9.10. The highest BCUT2D eigenvalue weighted by Gasteiger charge is 2.19. The van der Waals surface area contributed by atoms with Gasteiger partial charge in [0.05, 0.1) is 16.1 Å². The number of anilines is 1. The van der Waals surface area contributed by atoms with Gasteiger partial charge in [-0.1, -0.05) is 33.6 Å². The van der Waals surface area contributed by atoms with Crippen LogP contribution in [0.5, 0.6) is 0 Å². The van der Waals surface area contributed by atoms with E-state index in [-0.39, 0.29) is 21.2 Å². The average molecular weight is 391 g/mol. The number of hydrogen-bond acceptors (Lipinski definition) is 3. The molecule has 8 heteroatoms. The van der Waals surface area contributed by atoms with Crippen LogP contribution in [0.25, 0.3) is 0 Å². The van der Waals surface area contributed by atoms with Crippen molar-refractivity contribution in [1.29, 1.82) is 0 Å². The van der Waals surface area contributed by atoms with Crippen LogP contribution in [0.1, 0.15) is 10.4 Å². The summed E-state index contributed by atoms with van der Waals surface area (Å²) in [4.78, 5) is 11.1. The molecule has 0 spiro atoms. The predicted molar refractivity (Wildman–Crippen MR) is 83.4 cm³/mol. The second-order valence-corrected chi connectivity index (χ2v) is 7.09. The van der Waals surface area contributed by atoms with Crippen LogP contribution in [0.3, 0.4) is 0 Å². The van der Waals surface area contributed by atoms with Gasteiger partial charge < -0.3 is 5.11 Å². The van der Waals surface area contributed by atoms with E-state index in [4.69, 9.17) is 16.7 Å². The lowest BCUT2D eigenvalue weighted by Crippen LogP contribution is -2.15. The van der Waals surface area contributed by atoms with Gasteiger partial charge in [-0.05, 0) is 36.4 Å². The van der Waals surface area contributed by atoms with Crippen LogP contribution in [-0.4, -0.2) is 19.5 Å². The Balaban J connectivity index is 2.46. The van der Waals surface area contributed by atoms with Gasteiger partial charge in [-0.15, -0.1) is 0 Å². The molecule has 0 aliphatic heterocycles. The molecule has 0 aliphatic rings. The van der Waals surface area contributed by atoms with E-state index in [1.54, 1.807) is 6.07 Å². The van der Waals surface area contributed by atoms with Crippen LogP contribution in [0.15, 0.2) is 51.8 Å². The number of nitrogens with one attached hydrogen (secondary N) is 1. The minimum Gasteiger partial charge on any atom is -0.478 e. The van der Waals surface area contributed by atoms with Gasteiger partial charge in [-0.25, -0.2) is 13.2 Å².